The second-order valence-corrected chi connectivity index (χ2v) is 6.86. The van der Waals surface area contributed by atoms with Gasteiger partial charge in [0.2, 0.25) is 0 Å². The minimum absolute atomic E-state index is 0.137. The van der Waals surface area contributed by atoms with Crippen molar-refractivity contribution in [3.05, 3.63) is 29.3 Å². The molecule has 0 bridgehead atoms. The average molecular weight is 326 g/mol. The molecule has 5 heteroatoms. The first-order valence-electron chi connectivity index (χ1n) is 7.97. The number of hydrogen-bond donors (Lipinski definition) is 1. The molecule has 4 atom stereocenters. The van der Waals surface area contributed by atoms with Gasteiger partial charge in [0.25, 0.3) is 0 Å². The fraction of sp³-hybridized carbons (Fsp3) is 0.647. The minimum Gasteiger partial charge on any atom is -0.488 e. The lowest BCUT2D eigenvalue weighted by Gasteiger charge is -2.35. The maximum absolute atomic E-state index is 10.4. The second kappa shape index (κ2) is 7.18. The van der Waals surface area contributed by atoms with Gasteiger partial charge in [-0.3, -0.25) is 0 Å². The van der Waals surface area contributed by atoms with Gasteiger partial charge < -0.3 is 19.5 Å². The molecule has 1 aromatic carbocycles. The van der Waals surface area contributed by atoms with Crippen LogP contribution in [0.1, 0.15) is 12.8 Å². The van der Waals surface area contributed by atoms with E-state index in [0.29, 0.717) is 16.9 Å². The first kappa shape index (κ1) is 16.1. The lowest BCUT2D eigenvalue weighted by Crippen LogP contribution is -2.42. The Morgan fingerprint density at radius 1 is 1.27 bits per heavy atom. The molecule has 122 valence electrons. The largest absolute Gasteiger partial charge is 0.488 e. The van der Waals surface area contributed by atoms with Crippen LogP contribution in [-0.2, 0) is 4.74 Å². The number of ether oxygens (including phenoxy) is 2. The van der Waals surface area contributed by atoms with Crippen molar-refractivity contribution in [2.24, 2.45) is 11.8 Å². The number of halogens is 1. The highest BCUT2D eigenvalue weighted by molar-refractivity contribution is 6.30. The first-order valence-corrected chi connectivity index (χ1v) is 8.35. The van der Waals surface area contributed by atoms with Gasteiger partial charge in [0, 0.05) is 31.8 Å². The van der Waals surface area contributed by atoms with Crippen LogP contribution in [-0.4, -0.2) is 55.6 Å². The van der Waals surface area contributed by atoms with Gasteiger partial charge in [0.05, 0.1) is 12.7 Å². The summed E-state index contributed by atoms with van der Waals surface area (Å²) in [7, 11) is 1.74. The van der Waals surface area contributed by atoms with Gasteiger partial charge in [-0.25, -0.2) is 0 Å². The normalized spacial score (nSPS) is 32.0. The molecule has 1 N–H and O–H groups in total. The maximum atomic E-state index is 10.4. The summed E-state index contributed by atoms with van der Waals surface area (Å²) >= 11 is 5.99. The summed E-state index contributed by atoms with van der Waals surface area (Å²) in [5, 5.41) is 11.1. The zero-order valence-electron chi connectivity index (χ0n) is 13.0. The zero-order valence-corrected chi connectivity index (χ0v) is 13.7. The number of hydrogen-bond acceptors (Lipinski definition) is 4. The van der Waals surface area contributed by atoms with Crippen LogP contribution in [0.4, 0.5) is 0 Å². The Labute approximate surface area is 137 Å². The fourth-order valence-electron chi connectivity index (χ4n) is 3.73. The lowest BCUT2D eigenvalue weighted by atomic mass is 9.78. The molecule has 1 saturated heterocycles. The van der Waals surface area contributed by atoms with Crippen LogP contribution in [0.25, 0.3) is 0 Å². The summed E-state index contributed by atoms with van der Waals surface area (Å²) in [4.78, 5) is 2.44. The number of aliphatic hydroxyl groups excluding tert-OH is 1. The molecule has 0 unspecified atom stereocenters. The molecule has 0 amide bonds. The Morgan fingerprint density at radius 3 is 2.77 bits per heavy atom. The summed E-state index contributed by atoms with van der Waals surface area (Å²) in [5.41, 5.74) is 0. The molecule has 1 aliphatic heterocycles. The molecule has 2 aliphatic rings. The SMILES string of the molecule is COCCN1C[C@H]2C[C@@H](Oc3cccc(Cl)c3)[C@H](O)C[C@H]2C1. The molecule has 1 aliphatic carbocycles. The third-order valence-corrected chi connectivity index (χ3v) is 5.09. The highest BCUT2D eigenvalue weighted by Gasteiger charge is 2.42. The Hall–Kier alpha value is -0.810. The quantitative estimate of drug-likeness (QED) is 0.903. The van der Waals surface area contributed by atoms with E-state index in [-0.39, 0.29) is 6.10 Å². The molecule has 1 saturated carbocycles. The molecule has 0 spiro atoms. The number of rotatable bonds is 5. The van der Waals surface area contributed by atoms with Crippen molar-refractivity contribution >= 4 is 11.6 Å². The third-order valence-electron chi connectivity index (χ3n) is 4.86. The minimum atomic E-state index is -0.400. The van der Waals surface area contributed by atoms with Gasteiger partial charge in [-0.2, -0.15) is 0 Å². The van der Waals surface area contributed by atoms with E-state index in [1.165, 1.54) is 0 Å². The van der Waals surface area contributed by atoms with Gasteiger partial charge in [0.1, 0.15) is 11.9 Å². The molecule has 4 nitrogen and oxygen atoms in total. The van der Waals surface area contributed by atoms with Gasteiger partial charge in [-0.05, 0) is 42.9 Å². The lowest BCUT2D eigenvalue weighted by molar-refractivity contribution is -0.0231. The Kier molecular flexibility index (Phi) is 5.24. The fourth-order valence-corrected chi connectivity index (χ4v) is 3.91. The van der Waals surface area contributed by atoms with E-state index >= 15 is 0 Å². The number of benzene rings is 1. The second-order valence-electron chi connectivity index (χ2n) is 6.42. The standard InChI is InChI=1S/C17H24ClNO3/c1-21-6-5-19-10-12-7-16(20)17(8-13(12)11-19)22-15-4-2-3-14(18)9-15/h2-4,9,12-13,16-17,20H,5-8,10-11H2,1H3/t12-,13+,16+,17+/m0/s1. The monoisotopic (exact) mass is 325 g/mol. The van der Waals surface area contributed by atoms with Crippen LogP contribution in [0.2, 0.25) is 5.02 Å². The number of fused-ring (bicyclic) bond motifs is 1. The van der Waals surface area contributed by atoms with Crippen LogP contribution in [0.3, 0.4) is 0 Å². The van der Waals surface area contributed by atoms with Crippen LogP contribution < -0.4 is 4.74 Å². The summed E-state index contributed by atoms with van der Waals surface area (Å²) in [5.74, 6) is 1.92. The Morgan fingerprint density at radius 2 is 2.05 bits per heavy atom. The topological polar surface area (TPSA) is 41.9 Å². The molecular weight excluding hydrogens is 302 g/mol. The highest BCUT2D eigenvalue weighted by atomic mass is 35.5. The van der Waals surface area contributed by atoms with Crippen molar-refractivity contribution in [2.45, 2.75) is 25.0 Å². The summed E-state index contributed by atoms with van der Waals surface area (Å²) in [6.45, 7) is 3.88. The third kappa shape index (κ3) is 3.74. The Bertz CT molecular complexity index is 499. The van der Waals surface area contributed by atoms with E-state index in [1.807, 2.05) is 18.2 Å². The number of nitrogens with zero attached hydrogens (tertiary/aromatic N) is 1. The number of likely N-dealkylation sites (tertiary alicyclic amines) is 1. The maximum Gasteiger partial charge on any atom is 0.125 e. The van der Waals surface area contributed by atoms with Crippen molar-refractivity contribution in [1.82, 2.24) is 4.90 Å². The van der Waals surface area contributed by atoms with E-state index in [1.54, 1.807) is 13.2 Å². The van der Waals surface area contributed by atoms with Crippen molar-refractivity contribution in [3.63, 3.8) is 0 Å². The van der Waals surface area contributed by atoms with E-state index < -0.39 is 6.10 Å². The molecule has 0 aromatic heterocycles. The molecule has 22 heavy (non-hydrogen) atoms. The molecule has 2 fully saturated rings. The van der Waals surface area contributed by atoms with Crippen LogP contribution in [0.15, 0.2) is 24.3 Å². The smallest absolute Gasteiger partial charge is 0.125 e. The molecule has 3 rings (SSSR count). The van der Waals surface area contributed by atoms with E-state index in [4.69, 9.17) is 21.1 Å². The highest BCUT2D eigenvalue weighted by Crippen LogP contribution is 2.38. The summed E-state index contributed by atoms with van der Waals surface area (Å²) in [6.07, 6.45) is 1.19. The molecular formula is C17H24ClNO3. The van der Waals surface area contributed by atoms with E-state index in [2.05, 4.69) is 4.90 Å². The van der Waals surface area contributed by atoms with Crippen molar-refractivity contribution in [2.75, 3.05) is 33.4 Å². The van der Waals surface area contributed by atoms with Gasteiger partial charge in [-0.15, -0.1) is 0 Å². The van der Waals surface area contributed by atoms with Gasteiger partial charge in [-0.1, -0.05) is 17.7 Å². The van der Waals surface area contributed by atoms with E-state index in [9.17, 15) is 5.11 Å². The zero-order chi connectivity index (χ0) is 15.5. The van der Waals surface area contributed by atoms with Crippen molar-refractivity contribution < 1.29 is 14.6 Å². The molecule has 1 aromatic rings. The number of aliphatic hydroxyl groups is 1. The van der Waals surface area contributed by atoms with Crippen LogP contribution in [0.5, 0.6) is 5.75 Å². The molecule has 1 heterocycles. The Balaban J connectivity index is 1.59. The van der Waals surface area contributed by atoms with Crippen molar-refractivity contribution in [3.8, 4) is 5.75 Å². The van der Waals surface area contributed by atoms with Gasteiger partial charge >= 0.3 is 0 Å². The number of methoxy groups -OCH3 is 1. The summed E-state index contributed by atoms with van der Waals surface area (Å²) < 4.78 is 11.2. The van der Waals surface area contributed by atoms with Crippen molar-refractivity contribution in [1.29, 1.82) is 0 Å². The summed E-state index contributed by atoms with van der Waals surface area (Å²) in [6, 6.07) is 7.40. The average Bonchev–Trinajstić information content (AvgIpc) is 2.87. The van der Waals surface area contributed by atoms with Crippen LogP contribution >= 0.6 is 11.6 Å². The van der Waals surface area contributed by atoms with E-state index in [0.717, 1.165) is 44.8 Å². The predicted molar refractivity (Wildman–Crippen MR) is 86.4 cm³/mol. The molecule has 0 radical (unpaired) electrons. The first-order chi connectivity index (χ1) is 10.7. The predicted octanol–water partition coefficient (Wildman–Crippen LogP) is 2.44. The van der Waals surface area contributed by atoms with Gasteiger partial charge in [0.15, 0.2) is 0 Å². The van der Waals surface area contributed by atoms with Crippen LogP contribution in [0, 0.1) is 11.8 Å².